The van der Waals surface area contributed by atoms with Gasteiger partial charge in [0.2, 0.25) is 0 Å². The standard InChI is InChI=1S/C16H28N2O/c1-6-19-16-10-8-7-9-14(16)11-17-12-15(13(2)3)18(4)5/h7-10,13,15,17H,6,11-12H2,1-5H3. The Labute approximate surface area is 118 Å². The first-order valence-corrected chi connectivity index (χ1v) is 7.14. The molecule has 1 atom stereocenters. The largest absolute Gasteiger partial charge is 0.494 e. The molecule has 0 aromatic heterocycles. The first kappa shape index (κ1) is 16.0. The second kappa shape index (κ2) is 8.18. The second-order valence-corrected chi connectivity index (χ2v) is 5.45. The van der Waals surface area contributed by atoms with Crippen molar-refractivity contribution in [2.75, 3.05) is 27.2 Å². The van der Waals surface area contributed by atoms with Crippen LogP contribution in [-0.4, -0.2) is 38.2 Å². The molecule has 1 aromatic rings. The SMILES string of the molecule is CCOc1ccccc1CNCC(C(C)C)N(C)C. The number of nitrogens with one attached hydrogen (secondary N) is 1. The predicted octanol–water partition coefficient (Wildman–Crippen LogP) is 2.76. The van der Waals surface area contributed by atoms with E-state index >= 15 is 0 Å². The van der Waals surface area contributed by atoms with E-state index in [-0.39, 0.29) is 0 Å². The summed E-state index contributed by atoms with van der Waals surface area (Å²) in [5.74, 6) is 1.63. The van der Waals surface area contributed by atoms with E-state index in [2.05, 4.69) is 50.3 Å². The molecule has 3 nitrogen and oxygen atoms in total. The molecule has 1 aromatic carbocycles. The van der Waals surface area contributed by atoms with E-state index in [0.717, 1.165) is 18.8 Å². The van der Waals surface area contributed by atoms with Gasteiger partial charge in [-0.15, -0.1) is 0 Å². The van der Waals surface area contributed by atoms with Crippen LogP contribution in [0.1, 0.15) is 26.3 Å². The molecule has 3 heteroatoms. The van der Waals surface area contributed by atoms with E-state index < -0.39 is 0 Å². The molecule has 1 rings (SSSR count). The van der Waals surface area contributed by atoms with E-state index in [1.165, 1.54) is 5.56 Å². The zero-order chi connectivity index (χ0) is 14.3. The highest BCUT2D eigenvalue weighted by atomic mass is 16.5. The molecule has 0 saturated carbocycles. The van der Waals surface area contributed by atoms with Gasteiger partial charge in [0.15, 0.2) is 0 Å². The van der Waals surface area contributed by atoms with Crippen molar-refractivity contribution in [3.63, 3.8) is 0 Å². The van der Waals surface area contributed by atoms with Crippen LogP contribution in [0.5, 0.6) is 5.75 Å². The van der Waals surface area contributed by atoms with E-state index in [1.54, 1.807) is 0 Å². The molecule has 0 radical (unpaired) electrons. The molecule has 0 aliphatic rings. The van der Waals surface area contributed by atoms with Crippen LogP contribution in [0.25, 0.3) is 0 Å². The van der Waals surface area contributed by atoms with Gasteiger partial charge in [0, 0.05) is 24.7 Å². The Morgan fingerprint density at radius 2 is 1.89 bits per heavy atom. The molecule has 1 unspecified atom stereocenters. The first-order valence-electron chi connectivity index (χ1n) is 7.14. The molecule has 19 heavy (non-hydrogen) atoms. The third kappa shape index (κ3) is 5.21. The van der Waals surface area contributed by atoms with Gasteiger partial charge in [0.25, 0.3) is 0 Å². The Morgan fingerprint density at radius 3 is 2.47 bits per heavy atom. The summed E-state index contributed by atoms with van der Waals surface area (Å²) < 4.78 is 5.64. The van der Waals surface area contributed by atoms with Crippen molar-refractivity contribution in [2.24, 2.45) is 5.92 Å². The minimum absolute atomic E-state index is 0.555. The fourth-order valence-corrected chi connectivity index (χ4v) is 2.32. The number of nitrogens with zero attached hydrogens (tertiary/aromatic N) is 1. The molecular formula is C16H28N2O. The van der Waals surface area contributed by atoms with Crippen molar-refractivity contribution < 1.29 is 4.74 Å². The van der Waals surface area contributed by atoms with E-state index in [0.29, 0.717) is 18.6 Å². The van der Waals surface area contributed by atoms with E-state index in [9.17, 15) is 0 Å². The van der Waals surface area contributed by atoms with Gasteiger partial charge in [-0.2, -0.15) is 0 Å². The van der Waals surface area contributed by atoms with Crippen molar-refractivity contribution in [1.82, 2.24) is 10.2 Å². The quantitative estimate of drug-likeness (QED) is 0.781. The molecule has 0 spiro atoms. The molecule has 0 saturated heterocycles. The zero-order valence-corrected chi connectivity index (χ0v) is 12.9. The maximum atomic E-state index is 5.64. The second-order valence-electron chi connectivity index (χ2n) is 5.45. The van der Waals surface area contributed by atoms with Gasteiger partial charge in [0.1, 0.15) is 5.75 Å². The molecule has 0 aliphatic carbocycles. The van der Waals surface area contributed by atoms with Crippen LogP contribution in [0, 0.1) is 5.92 Å². The van der Waals surface area contributed by atoms with Crippen LogP contribution >= 0.6 is 0 Å². The van der Waals surface area contributed by atoms with Crippen LogP contribution in [0.2, 0.25) is 0 Å². The smallest absolute Gasteiger partial charge is 0.123 e. The molecule has 0 amide bonds. The number of likely N-dealkylation sites (N-methyl/N-ethyl adjacent to an activating group) is 1. The summed E-state index contributed by atoms with van der Waals surface area (Å²) >= 11 is 0. The molecule has 0 aliphatic heterocycles. The zero-order valence-electron chi connectivity index (χ0n) is 12.9. The van der Waals surface area contributed by atoms with Gasteiger partial charge in [-0.1, -0.05) is 32.0 Å². The summed E-state index contributed by atoms with van der Waals surface area (Å²) in [7, 11) is 4.28. The number of benzene rings is 1. The molecular weight excluding hydrogens is 236 g/mol. The van der Waals surface area contributed by atoms with Crippen molar-refractivity contribution in [3.05, 3.63) is 29.8 Å². The normalized spacial score (nSPS) is 13.0. The average Bonchev–Trinajstić information content (AvgIpc) is 2.35. The van der Waals surface area contributed by atoms with Crippen molar-refractivity contribution in [1.29, 1.82) is 0 Å². The van der Waals surface area contributed by atoms with Crippen LogP contribution in [0.15, 0.2) is 24.3 Å². The Balaban J connectivity index is 2.52. The number of hydrogen-bond acceptors (Lipinski definition) is 3. The van der Waals surface area contributed by atoms with Gasteiger partial charge in [-0.05, 0) is 33.0 Å². The maximum Gasteiger partial charge on any atom is 0.123 e. The van der Waals surface area contributed by atoms with Gasteiger partial charge < -0.3 is 15.0 Å². The molecule has 1 N–H and O–H groups in total. The summed E-state index contributed by atoms with van der Waals surface area (Å²) in [6, 6.07) is 8.79. The minimum atomic E-state index is 0.555. The predicted molar refractivity (Wildman–Crippen MR) is 81.6 cm³/mol. The lowest BCUT2D eigenvalue weighted by Crippen LogP contribution is -2.41. The number of ether oxygens (including phenoxy) is 1. The monoisotopic (exact) mass is 264 g/mol. The molecule has 0 bridgehead atoms. The van der Waals surface area contributed by atoms with Gasteiger partial charge in [-0.3, -0.25) is 0 Å². The molecule has 108 valence electrons. The van der Waals surface area contributed by atoms with Gasteiger partial charge in [0.05, 0.1) is 6.61 Å². The molecule has 0 heterocycles. The fraction of sp³-hybridized carbons (Fsp3) is 0.625. The Bertz CT molecular complexity index is 356. The summed E-state index contributed by atoms with van der Waals surface area (Å²) in [4.78, 5) is 2.28. The maximum absolute atomic E-state index is 5.64. The summed E-state index contributed by atoms with van der Waals surface area (Å²) in [5.41, 5.74) is 1.23. The van der Waals surface area contributed by atoms with Crippen molar-refractivity contribution in [3.8, 4) is 5.75 Å². The Kier molecular flexibility index (Phi) is 6.89. The van der Waals surface area contributed by atoms with Crippen LogP contribution in [-0.2, 0) is 6.54 Å². The number of rotatable bonds is 8. The molecule has 0 fully saturated rings. The number of para-hydroxylation sites is 1. The highest BCUT2D eigenvalue weighted by Crippen LogP contribution is 2.17. The third-order valence-electron chi connectivity index (χ3n) is 3.37. The summed E-state index contributed by atoms with van der Waals surface area (Å²) in [6.45, 7) is 9.10. The van der Waals surface area contributed by atoms with E-state index in [4.69, 9.17) is 4.74 Å². The minimum Gasteiger partial charge on any atom is -0.494 e. The highest BCUT2D eigenvalue weighted by molar-refractivity contribution is 5.33. The van der Waals surface area contributed by atoms with E-state index in [1.807, 2.05) is 19.1 Å². The lowest BCUT2D eigenvalue weighted by atomic mass is 10.0. The van der Waals surface area contributed by atoms with Crippen LogP contribution in [0.4, 0.5) is 0 Å². The van der Waals surface area contributed by atoms with Crippen LogP contribution in [0.3, 0.4) is 0 Å². The lowest BCUT2D eigenvalue weighted by Gasteiger charge is -2.28. The van der Waals surface area contributed by atoms with Crippen molar-refractivity contribution >= 4 is 0 Å². The summed E-state index contributed by atoms with van der Waals surface area (Å²) in [5, 5.41) is 3.54. The van der Waals surface area contributed by atoms with Gasteiger partial charge >= 0.3 is 0 Å². The highest BCUT2D eigenvalue weighted by Gasteiger charge is 2.15. The lowest BCUT2D eigenvalue weighted by molar-refractivity contribution is 0.224. The van der Waals surface area contributed by atoms with Crippen LogP contribution < -0.4 is 10.1 Å². The third-order valence-corrected chi connectivity index (χ3v) is 3.37. The topological polar surface area (TPSA) is 24.5 Å². The number of hydrogen-bond donors (Lipinski definition) is 1. The summed E-state index contributed by atoms with van der Waals surface area (Å²) in [6.07, 6.45) is 0. The Morgan fingerprint density at radius 1 is 1.21 bits per heavy atom. The Hall–Kier alpha value is -1.06. The fourth-order valence-electron chi connectivity index (χ4n) is 2.32. The average molecular weight is 264 g/mol. The van der Waals surface area contributed by atoms with Crippen molar-refractivity contribution in [2.45, 2.75) is 33.4 Å². The first-order chi connectivity index (χ1) is 9.06. The van der Waals surface area contributed by atoms with Gasteiger partial charge in [-0.25, -0.2) is 0 Å².